The molecule has 0 atom stereocenters. The van der Waals surface area contributed by atoms with E-state index in [1.54, 1.807) is 12.4 Å². The van der Waals surface area contributed by atoms with Crippen molar-refractivity contribution in [2.24, 2.45) is 0 Å². The highest BCUT2D eigenvalue weighted by Crippen LogP contribution is 2.40. The first-order valence-corrected chi connectivity index (χ1v) is 7.07. The van der Waals surface area contributed by atoms with Gasteiger partial charge in [0.1, 0.15) is 11.1 Å². The predicted octanol–water partition coefficient (Wildman–Crippen LogP) is 1.15. The molecule has 0 unspecified atom stereocenters. The minimum atomic E-state index is -0.0110. The van der Waals surface area contributed by atoms with Crippen LogP contribution in [0.25, 0.3) is 11.1 Å². The highest BCUT2D eigenvalue weighted by molar-refractivity contribution is 6.03. The van der Waals surface area contributed by atoms with Gasteiger partial charge in [0.25, 0.3) is 5.91 Å². The molecule has 0 bridgehead atoms. The number of hydrogen-bond acceptors (Lipinski definition) is 5. The van der Waals surface area contributed by atoms with Gasteiger partial charge < -0.3 is 14.6 Å². The third kappa shape index (κ3) is 1.96. The summed E-state index contributed by atoms with van der Waals surface area (Å²) >= 11 is 0. The Morgan fingerprint density at radius 3 is 2.85 bits per heavy atom. The number of pyridine rings is 1. The van der Waals surface area contributed by atoms with Crippen LogP contribution in [0.1, 0.15) is 35.0 Å². The Bertz CT molecular complexity index is 656. The summed E-state index contributed by atoms with van der Waals surface area (Å²) in [6.45, 7) is 3.11. The smallest absolute Gasteiger partial charge is 0.259 e. The number of nitrogens with zero attached hydrogens (tertiary/aromatic N) is 3. The molecule has 1 amide bonds. The van der Waals surface area contributed by atoms with Gasteiger partial charge in [-0.2, -0.15) is 0 Å². The normalized spacial score (nSPS) is 19.5. The van der Waals surface area contributed by atoms with Crippen LogP contribution in [-0.4, -0.2) is 47.0 Å². The first kappa shape index (κ1) is 11.8. The van der Waals surface area contributed by atoms with Crippen LogP contribution < -0.4 is 5.32 Å². The first-order valence-electron chi connectivity index (χ1n) is 7.07. The average molecular weight is 272 g/mol. The van der Waals surface area contributed by atoms with E-state index in [9.17, 15) is 4.79 Å². The molecule has 1 N–H and O–H groups in total. The molecule has 1 saturated heterocycles. The number of piperazine rings is 1. The lowest BCUT2D eigenvalue weighted by Crippen LogP contribution is -2.46. The van der Waals surface area contributed by atoms with E-state index < -0.39 is 0 Å². The maximum atomic E-state index is 12.6. The lowest BCUT2D eigenvalue weighted by atomic mass is 10.2. The number of rotatable bonds is 2. The number of carbonyl (C=O) groups is 1. The molecule has 2 aromatic rings. The van der Waals surface area contributed by atoms with Gasteiger partial charge >= 0.3 is 0 Å². The summed E-state index contributed by atoms with van der Waals surface area (Å²) in [7, 11) is 0. The van der Waals surface area contributed by atoms with Crippen LogP contribution in [0.3, 0.4) is 0 Å². The third-order valence-electron chi connectivity index (χ3n) is 3.88. The molecule has 6 nitrogen and oxygen atoms in total. The summed E-state index contributed by atoms with van der Waals surface area (Å²) in [5.41, 5.74) is 1.81. The van der Waals surface area contributed by atoms with E-state index in [1.807, 2.05) is 4.90 Å². The lowest BCUT2D eigenvalue weighted by molar-refractivity contribution is 0.0736. The predicted molar refractivity (Wildman–Crippen MR) is 72.6 cm³/mol. The Labute approximate surface area is 116 Å². The molecule has 2 aliphatic rings. The van der Waals surface area contributed by atoms with Crippen molar-refractivity contribution >= 4 is 17.0 Å². The Hall–Kier alpha value is -1.95. The van der Waals surface area contributed by atoms with E-state index >= 15 is 0 Å². The second-order valence-electron chi connectivity index (χ2n) is 5.40. The van der Waals surface area contributed by atoms with E-state index in [2.05, 4.69) is 15.3 Å². The largest absolute Gasteiger partial charge is 0.439 e. The molecule has 2 aromatic heterocycles. The van der Waals surface area contributed by atoms with Crippen molar-refractivity contribution in [2.45, 2.75) is 18.8 Å². The standard InChI is InChI=1S/C14H16N4O2/c19-14(18-5-3-15-4-6-18)10-7-16-8-11-12(10)20-13(17-11)9-1-2-9/h7-9,15H,1-6H2. The van der Waals surface area contributed by atoms with Gasteiger partial charge in [-0.1, -0.05) is 0 Å². The van der Waals surface area contributed by atoms with Crippen molar-refractivity contribution in [3.63, 3.8) is 0 Å². The Morgan fingerprint density at radius 1 is 1.30 bits per heavy atom. The minimum Gasteiger partial charge on any atom is -0.439 e. The highest BCUT2D eigenvalue weighted by Gasteiger charge is 2.30. The Kier molecular flexibility index (Phi) is 2.70. The quantitative estimate of drug-likeness (QED) is 0.887. The first-order chi connectivity index (χ1) is 9.83. The fraction of sp³-hybridized carbons (Fsp3) is 0.500. The molecule has 104 valence electrons. The number of oxazole rings is 1. The maximum absolute atomic E-state index is 12.6. The SMILES string of the molecule is O=C(c1cncc2nc(C3CC3)oc12)N1CCNCC1. The van der Waals surface area contributed by atoms with Crippen molar-refractivity contribution < 1.29 is 9.21 Å². The molecular weight excluding hydrogens is 256 g/mol. The third-order valence-corrected chi connectivity index (χ3v) is 3.88. The highest BCUT2D eigenvalue weighted by atomic mass is 16.3. The fourth-order valence-electron chi connectivity index (χ4n) is 2.57. The van der Waals surface area contributed by atoms with E-state index in [1.165, 1.54) is 0 Å². The van der Waals surface area contributed by atoms with Gasteiger partial charge in [-0.05, 0) is 12.8 Å². The van der Waals surface area contributed by atoms with Crippen LogP contribution in [0, 0.1) is 0 Å². The molecule has 1 aliphatic carbocycles. The lowest BCUT2D eigenvalue weighted by Gasteiger charge is -2.27. The molecule has 4 rings (SSSR count). The van der Waals surface area contributed by atoms with E-state index in [4.69, 9.17) is 4.42 Å². The number of nitrogens with one attached hydrogen (secondary N) is 1. The van der Waals surface area contributed by atoms with E-state index in [0.717, 1.165) is 44.9 Å². The second-order valence-corrected chi connectivity index (χ2v) is 5.40. The molecule has 1 aliphatic heterocycles. The van der Waals surface area contributed by atoms with E-state index in [0.29, 0.717) is 22.6 Å². The van der Waals surface area contributed by atoms with Crippen LogP contribution in [0.5, 0.6) is 0 Å². The number of aromatic nitrogens is 2. The van der Waals surface area contributed by atoms with Crippen LogP contribution in [0.2, 0.25) is 0 Å². The van der Waals surface area contributed by atoms with Gasteiger partial charge in [-0.25, -0.2) is 4.98 Å². The molecule has 0 aromatic carbocycles. The molecule has 2 fully saturated rings. The molecule has 1 saturated carbocycles. The number of fused-ring (bicyclic) bond motifs is 1. The molecule has 0 radical (unpaired) electrons. The van der Waals surface area contributed by atoms with Crippen molar-refractivity contribution in [3.05, 3.63) is 23.8 Å². The van der Waals surface area contributed by atoms with Crippen LogP contribution in [-0.2, 0) is 0 Å². The topological polar surface area (TPSA) is 71.3 Å². The summed E-state index contributed by atoms with van der Waals surface area (Å²) in [6.07, 6.45) is 5.51. The molecule has 6 heteroatoms. The number of hydrogen-bond donors (Lipinski definition) is 1. The summed E-state index contributed by atoms with van der Waals surface area (Å²) in [6, 6.07) is 0. The zero-order valence-electron chi connectivity index (χ0n) is 11.1. The Morgan fingerprint density at radius 2 is 2.10 bits per heavy atom. The summed E-state index contributed by atoms with van der Waals surface area (Å²) in [4.78, 5) is 23.0. The van der Waals surface area contributed by atoms with Crippen molar-refractivity contribution in [1.29, 1.82) is 0 Å². The van der Waals surface area contributed by atoms with Gasteiger partial charge in [0.2, 0.25) is 0 Å². The van der Waals surface area contributed by atoms with Crippen LogP contribution in [0.4, 0.5) is 0 Å². The van der Waals surface area contributed by atoms with Gasteiger partial charge in [-0.15, -0.1) is 0 Å². The molecule has 3 heterocycles. The molecule has 0 spiro atoms. The summed E-state index contributed by atoms with van der Waals surface area (Å²) < 4.78 is 5.82. The van der Waals surface area contributed by atoms with Crippen molar-refractivity contribution in [3.8, 4) is 0 Å². The zero-order valence-corrected chi connectivity index (χ0v) is 11.1. The second kappa shape index (κ2) is 4.56. The molecular formula is C14H16N4O2. The monoisotopic (exact) mass is 272 g/mol. The Balaban J connectivity index is 1.72. The van der Waals surface area contributed by atoms with Gasteiger partial charge in [0.05, 0.1) is 6.20 Å². The van der Waals surface area contributed by atoms with Gasteiger partial charge in [0, 0.05) is 38.3 Å². The van der Waals surface area contributed by atoms with Crippen LogP contribution in [0.15, 0.2) is 16.8 Å². The maximum Gasteiger partial charge on any atom is 0.259 e. The number of carbonyl (C=O) groups excluding carboxylic acids is 1. The minimum absolute atomic E-state index is 0.0110. The van der Waals surface area contributed by atoms with Crippen molar-refractivity contribution in [1.82, 2.24) is 20.2 Å². The summed E-state index contributed by atoms with van der Waals surface area (Å²) in [5, 5.41) is 3.24. The van der Waals surface area contributed by atoms with Crippen molar-refractivity contribution in [2.75, 3.05) is 26.2 Å². The van der Waals surface area contributed by atoms with Gasteiger partial charge in [0.15, 0.2) is 11.5 Å². The van der Waals surface area contributed by atoms with E-state index in [-0.39, 0.29) is 5.91 Å². The number of amides is 1. The average Bonchev–Trinajstić information content (AvgIpc) is 3.26. The summed E-state index contributed by atoms with van der Waals surface area (Å²) in [5.74, 6) is 1.18. The van der Waals surface area contributed by atoms with Crippen LogP contribution >= 0.6 is 0 Å². The van der Waals surface area contributed by atoms with Gasteiger partial charge in [-0.3, -0.25) is 9.78 Å². The molecule has 20 heavy (non-hydrogen) atoms. The fourth-order valence-corrected chi connectivity index (χ4v) is 2.57. The zero-order chi connectivity index (χ0) is 13.5.